The Hall–Kier alpha value is -2.89. The van der Waals surface area contributed by atoms with Crippen LogP contribution in [0.25, 0.3) is 10.9 Å². The molecule has 0 aliphatic heterocycles. The number of hydrogen-bond donors (Lipinski definition) is 2. The van der Waals surface area contributed by atoms with E-state index in [9.17, 15) is 14.4 Å². The number of nitrogens with one attached hydrogen (secondary N) is 2. The first-order valence-electron chi connectivity index (χ1n) is 15.0. The van der Waals surface area contributed by atoms with Crippen LogP contribution in [0.3, 0.4) is 0 Å². The average molecular weight is 531 g/mol. The molecule has 0 bridgehead atoms. The largest absolute Gasteiger partial charge is 0.462 e. The van der Waals surface area contributed by atoms with Gasteiger partial charge in [-0.2, -0.15) is 0 Å². The lowest BCUT2D eigenvalue weighted by Gasteiger charge is -2.57. The molecule has 6 nitrogen and oxygen atoms in total. The quantitative estimate of drug-likeness (QED) is 0.427. The van der Waals surface area contributed by atoms with Gasteiger partial charge in [0.2, 0.25) is 5.91 Å². The molecule has 2 N–H and O–H groups in total. The molecule has 6 atom stereocenters. The Kier molecular flexibility index (Phi) is 6.93. The molecule has 6 heteroatoms. The molecule has 1 aromatic heterocycles. The first kappa shape index (κ1) is 26.3. The van der Waals surface area contributed by atoms with E-state index in [0.717, 1.165) is 56.9 Å². The van der Waals surface area contributed by atoms with Crippen LogP contribution in [0.4, 0.5) is 0 Å². The summed E-state index contributed by atoms with van der Waals surface area (Å²) in [4.78, 5) is 40.6. The zero-order valence-corrected chi connectivity index (χ0v) is 23.4. The van der Waals surface area contributed by atoms with E-state index >= 15 is 0 Å². The van der Waals surface area contributed by atoms with Gasteiger partial charge < -0.3 is 15.0 Å². The van der Waals surface area contributed by atoms with E-state index in [1.165, 1.54) is 16.5 Å². The highest BCUT2D eigenvalue weighted by atomic mass is 16.5. The maximum Gasteiger partial charge on any atom is 0.306 e. The number of aromatic nitrogens is 1. The predicted molar refractivity (Wildman–Crippen MR) is 151 cm³/mol. The van der Waals surface area contributed by atoms with Crippen molar-refractivity contribution in [2.45, 2.75) is 90.6 Å². The molecule has 2 aromatic rings. The number of aromatic amines is 1. The number of esters is 1. The molecular weight excluding hydrogens is 488 g/mol. The van der Waals surface area contributed by atoms with Gasteiger partial charge in [-0.25, -0.2) is 0 Å². The Morgan fingerprint density at radius 1 is 1.03 bits per heavy atom. The monoisotopic (exact) mass is 530 g/mol. The highest BCUT2D eigenvalue weighted by Gasteiger charge is 2.59. The molecule has 3 saturated carbocycles. The average Bonchev–Trinajstić information content (AvgIpc) is 3.48. The number of rotatable bonds is 7. The maximum atomic E-state index is 12.8. The molecule has 0 saturated heterocycles. The molecule has 4 aliphatic rings. The fourth-order valence-corrected chi connectivity index (χ4v) is 8.90. The molecule has 1 amide bonds. The number of amides is 1. The molecule has 0 spiro atoms. The van der Waals surface area contributed by atoms with Gasteiger partial charge in [0.25, 0.3) is 0 Å². The predicted octanol–water partition coefficient (Wildman–Crippen LogP) is 6.05. The minimum absolute atomic E-state index is 0.0144. The molecule has 6 rings (SSSR count). The van der Waals surface area contributed by atoms with Crippen LogP contribution >= 0.6 is 0 Å². The van der Waals surface area contributed by atoms with Crippen molar-refractivity contribution < 1.29 is 19.1 Å². The van der Waals surface area contributed by atoms with Gasteiger partial charge in [0.15, 0.2) is 5.78 Å². The number of H-pyrrole nitrogens is 1. The minimum atomic E-state index is -0.248. The van der Waals surface area contributed by atoms with Gasteiger partial charge in [-0.1, -0.05) is 37.6 Å². The van der Waals surface area contributed by atoms with Crippen LogP contribution in [0, 0.1) is 28.6 Å². The molecule has 4 aliphatic carbocycles. The molecule has 0 radical (unpaired) electrons. The van der Waals surface area contributed by atoms with E-state index in [1.54, 1.807) is 0 Å². The summed E-state index contributed by atoms with van der Waals surface area (Å²) in [7, 11) is 0. The summed E-state index contributed by atoms with van der Waals surface area (Å²) in [6, 6.07) is 8.15. The summed E-state index contributed by atoms with van der Waals surface area (Å²) in [5.41, 5.74) is 3.85. The second kappa shape index (κ2) is 10.3. The van der Waals surface area contributed by atoms with Crippen LogP contribution in [0.1, 0.15) is 83.6 Å². The number of ketones is 1. The number of benzene rings is 1. The first-order chi connectivity index (χ1) is 18.8. The standard InChI is InChI=1S/C33H42N2O4/c1-32-16-13-23(36)19-22(32)7-8-25-26-9-10-29(33(26,2)17-14-27(25)32)39-31(38)12-11-30(37)34-18-15-21-20-35-28-6-4-3-5-24(21)28/h3-6,19-20,25-27,29,35H,7-18H2,1-2H3,(H,34,37)/t25-,26-,27-,29-,32+,33+/m1/s1. The SMILES string of the molecule is C[C@]12CC[C@@H]3[C@H](CCC4=CC(=O)CC[C@@]43C)[C@H]1CC[C@H]2OC(=O)CCC(=O)NCCc1c[nH]c2ccccc12. The lowest BCUT2D eigenvalue weighted by molar-refractivity contribution is -0.160. The van der Waals surface area contributed by atoms with Gasteiger partial charge >= 0.3 is 5.97 Å². The van der Waals surface area contributed by atoms with Gasteiger partial charge in [-0.05, 0) is 92.2 Å². The van der Waals surface area contributed by atoms with E-state index < -0.39 is 0 Å². The number of para-hydroxylation sites is 1. The third-order valence-corrected chi connectivity index (χ3v) is 11.1. The second-order valence-electron chi connectivity index (χ2n) is 13.0. The molecule has 0 unspecified atom stereocenters. The van der Waals surface area contributed by atoms with Crippen LogP contribution in [0.2, 0.25) is 0 Å². The van der Waals surface area contributed by atoms with Crippen molar-refractivity contribution in [3.05, 3.63) is 47.7 Å². The smallest absolute Gasteiger partial charge is 0.306 e. The third kappa shape index (κ3) is 4.74. The summed E-state index contributed by atoms with van der Waals surface area (Å²) >= 11 is 0. The fourth-order valence-electron chi connectivity index (χ4n) is 8.90. The van der Waals surface area contributed by atoms with Gasteiger partial charge in [-0.3, -0.25) is 14.4 Å². The van der Waals surface area contributed by atoms with Crippen LogP contribution < -0.4 is 5.32 Å². The highest BCUT2D eigenvalue weighted by molar-refractivity contribution is 5.91. The van der Waals surface area contributed by atoms with E-state index in [0.29, 0.717) is 36.5 Å². The second-order valence-corrected chi connectivity index (χ2v) is 13.0. The Bertz CT molecular complexity index is 1310. The molecule has 39 heavy (non-hydrogen) atoms. The van der Waals surface area contributed by atoms with Crippen LogP contribution in [0.5, 0.6) is 0 Å². The lowest BCUT2D eigenvalue weighted by Crippen LogP contribution is -2.51. The summed E-state index contributed by atoms with van der Waals surface area (Å²) in [6.45, 7) is 5.29. The molecular formula is C33H42N2O4. The van der Waals surface area contributed by atoms with Gasteiger partial charge in [0.1, 0.15) is 6.10 Å². The van der Waals surface area contributed by atoms with Gasteiger partial charge in [0.05, 0.1) is 6.42 Å². The summed E-state index contributed by atoms with van der Waals surface area (Å²) < 4.78 is 6.09. The molecule has 3 fully saturated rings. The Morgan fingerprint density at radius 3 is 2.74 bits per heavy atom. The Labute approximate surface area is 231 Å². The topological polar surface area (TPSA) is 88.3 Å². The number of carbonyl (C=O) groups is 3. The van der Waals surface area contributed by atoms with Crippen molar-refractivity contribution >= 4 is 28.6 Å². The number of hydrogen-bond acceptors (Lipinski definition) is 4. The molecule has 208 valence electrons. The number of carbonyl (C=O) groups excluding carboxylic acids is 3. The van der Waals surface area contributed by atoms with Crippen LogP contribution in [0.15, 0.2) is 42.1 Å². The first-order valence-corrected chi connectivity index (χ1v) is 15.0. The summed E-state index contributed by atoms with van der Waals surface area (Å²) in [5, 5.41) is 4.14. The van der Waals surface area contributed by atoms with Gasteiger partial charge in [0, 0.05) is 41.9 Å². The summed E-state index contributed by atoms with van der Waals surface area (Å²) in [5.74, 6) is 1.79. The van der Waals surface area contributed by atoms with Crippen LogP contribution in [-0.2, 0) is 25.5 Å². The Morgan fingerprint density at radius 2 is 1.87 bits per heavy atom. The lowest BCUT2D eigenvalue weighted by atomic mass is 9.47. The van der Waals surface area contributed by atoms with E-state index in [2.05, 4.69) is 30.2 Å². The summed E-state index contributed by atoms with van der Waals surface area (Å²) in [6.07, 6.45) is 13.1. The zero-order valence-electron chi connectivity index (χ0n) is 23.4. The van der Waals surface area contributed by atoms with E-state index in [1.807, 2.05) is 30.5 Å². The fraction of sp³-hybridized carbons (Fsp3) is 0.606. The van der Waals surface area contributed by atoms with Gasteiger partial charge in [-0.15, -0.1) is 0 Å². The van der Waals surface area contributed by atoms with Crippen molar-refractivity contribution in [1.29, 1.82) is 0 Å². The number of ether oxygens (including phenoxy) is 1. The van der Waals surface area contributed by atoms with Crippen molar-refractivity contribution in [3.8, 4) is 0 Å². The van der Waals surface area contributed by atoms with E-state index in [4.69, 9.17) is 4.74 Å². The van der Waals surface area contributed by atoms with Crippen molar-refractivity contribution in [2.24, 2.45) is 28.6 Å². The zero-order chi connectivity index (χ0) is 27.2. The third-order valence-electron chi connectivity index (χ3n) is 11.1. The number of fused-ring (bicyclic) bond motifs is 6. The Balaban J connectivity index is 0.991. The molecule has 1 heterocycles. The van der Waals surface area contributed by atoms with Crippen molar-refractivity contribution in [2.75, 3.05) is 6.54 Å². The minimum Gasteiger partial charge on any atom is -0.462 e. The maximum absolute atomic E-state index is 12.8. The van der Waals surface area contributed by atoms with Crippen molar-refractivity contribution in [3.63, 3.8) is 0 Å². The number of allylic oxidation sites excluding steroid dienone is 1. The van der Waals surface area contributed by atoms with Crippen molar-refractivity contribution in [1.82, 2.24) is 10.3 Å². The van der Waals surface area contributed by atoms with E-state index in [-0.39, 0.29) is 41.7 Å². The molecule has 1 aromatic carbocycles. The normalized spacial score (nSPS) is 33.6. The highest BCUT2D eigenvalue weighted by Crippen LogP contribution is 2.65. The van der Waals surface area contributed by atoms with Crippen LogP contribution in [-0.4, -0.2) is 35.3 Å².